The molecule has 6 nitrogen and oxygen atoms in total. The van der Waals surface area contributed by atoms with Gasteiger partial charge in [-0.2, -0.15) is 5.26 Å². The molecule has 1 aliphatic rings. The molecule has 0 saturated heterocycles. The molecule has 178 valence electrons. The van der Waals surface area contributed by atoms with Gasteiger partial charge in [0.2, 0.25) is 0 Å². The highest BCUT2D eigenvalue weighted by Crippen LogP contribution is 2.37. The van der Waals surface area contributed by atoms with Gasteiger partial charge in [0.05, 0.1) is 37.2 Å². The summed E-state index contributed by atoms with van der Waals surface area (Å²) >= 11 is 0. The minimum Gasteiger partial charge on any atom is -0.469 e. The lowest BCUT2D eigenvalue weighted by Crippen LogP contribution is -2.32. The van der Waals surface area contributed by atoms with Crippen molar-refractivity contribution < 1.29 is 19.1 Å². The van der Waals surface area contributed by atoms with Crippen LogP contribution >= 0.6 is 0 Å². The summed E-state index contributed by atoms with van der Waals surface area (Å²) in [6.07, 6.45) is 9.07. The number of benzene rings is 1. The lowest BCUT2D eigenvalue weighted by molar-refractivity contribution is -0.143. The molecule has 1 unspecified atom stereocenters. The maximum Gasteiger partial charge on any atom is 0.337 e. The molecule has 6 heteroatoms. The Balaban J connectivity index is 1.96. The van der Waals surface area contributed by atoms with Crippen molar-refractivity contribution in [3.05, 3.63) is 59.2 Å². The van der Waals surface area contributed by atoms with E-state index in [1.165, 1.54) is 19.8 Å². The maximum absolute atomic E-state index is 12.0. The highest BCUT2D eigenvalue weighted by Gasteiger charge is 2.36. The van der Waals surface area contributed by atoms with Gasteiger partial charge in [-0.25, -0.2) is 4.79 Å². The minimum absolute atomic E-state index is 0.0927. The number of ether oxygens (including phenoxy) is 2. The average Bonchev–Trinajstić information content (AvgIpc) is 2.84. The Morgan fingerprint density at radius 1 is 1.24 bits per heavy atom. The van der Waals surface area contributed by atoms with E-state index in [0.29, 0.717) is 18.4 Å². The summed E-state index contributed by atoms with van der Waals surface area (Å²) in [5.41, 5.74) is 1.90. The van der Waals surface area contributed by atoms with E-state index >= 15 is 0 Å². The lowest BCUT2D eigenvalue weighted by atomic mass is 9.69. The zero-order valence-electron chi connectivity index (χ0n) is 20.5. The number of carbonyl (C=O) groups excluding carboxylic acids is 2. The number of rotatable bonds is 11. The van der Waals surface area contributed by atoms with E-state index in [-0.39, 0.29) is 17.8 Å². The highest BCUT2D eigenvalue weighted by atomic mass is 16.5. The molecule has 0 aromatic heterocycles. The standard InChI is InChI=1S/C27H36N2O4/c1-20(2)27(19-28,24-12-7-11-23(18-24)26(31)33-5)14-8-15-29(3)16-13-21-9-6-10-22(17-21)25(30)32-4/h6-7,9-12,18,20,22H,8,13-17H2,1-5H3/t22-,27?/m0/s1. The van der Waals surface area contributed by atoms with Crippen LogP contribution in [-0.4, -0.2) is 51.2 Å². The first-order valence-electron chi connectivity index (χ1n) is 11.5. The van der Waals surface area contributed by atoms with Crippen molar-refractivity contribution in [1.29, 1.82) is 5.26 Å². The Morgan fingerprint density at radius 3 is 2.64 bits per heavy atom. The van der Waals surface area contributed by atoms with E-state index < -0.39 is 11.4 Å². The Labute approximate surface area is 197 Å². The molecule has 0 spiro atoms. The molecule has 33 heavy (non-hydrogen) atoms. The number of methoxy groups -OCH3 is 2. The molecule has 1 aromatic rings. The van der Waals surface area contributed by atoms with E-state index in [4.69, 9.17) is 9.47 Å². The Hall–Kier alpha value is -2.91. The van der Waals surface area contributed by atoms with E-state index in [0.717, 1.165) is 31.5 Å². The van der Waals surface area contributed by atoms with Gasteiger partial charge in [-0.1, -0.05) is 49.8 Å². The largest absolute Gasteiger partial charge is 0.469 e. The van der Waals surface area contributed by atoms with E-state index in [2.05, 4.69) is 37.9 Å². The first kappa shape index (κ1) is 26.3. The summed E-state index contributed by atoms with van der Waals surface area (Å²) in [4.78, 5) is 26.0. The van der Waals surface area contributed by atoms with Crippen molar-refractivity contribution in [2.24, 2.45) is 11.8 Å². The molecule has 0 bridgehead atoms. The molecule has 0 N–H and O–H groups in total. The Bertz CT molecular complexity index is 928. The SMILES string of the molecule is COC(=O)c1cccc(C(C#N)(CCCN(C)CCC2=CC=C[C@H](C(=O)OC)C2)C(C)C)c1. The summed E-state index contributed by atoms with van der Waals surface area (Å²) in [6.45, 7) is 5.85. The van der Waals surface area contributed by atoms with Gasteiger partial charge in [0.15, 0.2) is 0 Å². The second kappa shape index (κ2) is 12.4. The van der Waals surface area contributed by atoms with Crippen LogP contribution < -0.4 is 0 Å². The van der Waals surface area contributed by atoms with Crippen molar-refractivity contribution in [2.75, 3.05) is 34.4 Å². The van der Waals surface area contributed by atoms with Crippen molar-refractivity contribution in [1.82, 2.24) is 4.90 Å². The van der Waals surface area contributed by atoms with E-state index in [1.54, 1.807) is 12.1 Å². The van der Waals surface area contributed by atoms with Crippen LogP contribution in [0.4, 0.5) is 0 Å². The molecule has 2 rings (SSSR count). The third-order valence-electron chi connectivity index (χ3n) is 6.57. The summed E-state index contributed by atoms with van der Waals surface area (Å²) in [5, 5.41) is 10.2. The lowest BCUT2D eigenvalue weighted by Gasteiger charge is -2.32. The summed E-state index contributed by atoms with van der Waals surface area (Å²) in [6, 6.07) is 9.81. The van der Waals surface area contributed by atoms with Crippen LogP contribution in [0.3, 0.4) is 0 Å². The van der Waals surface area contributed by atoms with Crippen LogP contribution in [0, 0.1) is 23.2 Å². The van der Waals surface area contributed by atoms with Crippen LogP contribution in [0.15, 0.2) is 48.1 Å². The Kier molecular flexibility index (Phi) is 9.87. The quantitative estimate of drug-likeness (QED) is 0.454. The second-order valence-electron chi connectivity index (χ2n) is 9.01. The Morgan fingerprint density at radius 2 is 2.00 bits per heavy atom. The van der Waals surface area contributed by atoms with E-state index in [9.17, 15) is 14.9 Å². The van der Waals surface area contributed by atoms with E-state index in [1.807, 2.05) is 24.3 Å². The number of nitriles is 1. The van der Waals surface area contributed by atoms with Gasteiger partial charge in [-0.15, -0.1) is 0 Å². The number of allylic oxidation sites excluding steroid dienone is 2. The van der Waals surface area contributed by atoms with Crippen molar-refractivity contribution >= 4 is 11.9 Å². The third-order valence-corrected chi connectivity index (χ3v) is 6.57. The number of hydrogen-bond donors (Lipinski definition) is 0. The zero-order valence-corrected chi connectivity index (χ0v) is 20.5. The number of nitrogens with zero attached hydrogens (tertiary/aromatic N) is 2. The topological polar surface area (TPSA) is 79.6 Å². The molecular formula is C27H36N2O4. The molecule has 1 aliphatic carbocycles. The molecule has 0 aliphatic heterocycles. The van der Waals surface area contributed by atoms with Crippen LogP contribution in [0.25, 0.3) is 0 Å². The van der Waals surface area contributed by atoms with Crippen molar-refractivity contribution in [2.45, 2.75) is 44.9 Å². The number of esters is 2. The average molecular weight is 453 g/mol. The first-order valence-corrected chi connectivity index (χ1v) is 11.5. The molecule has 0 saturated carbocycles. The van der Waals surface area contributed by atoms with Gasteiger partial charge in [-0.3, -0.25) is 4.79 Å². The highest BCUT2D eigenvalue weighted by molar-refractivity contribution is 5.89. The van der Waals surface area contributed by atoms with Gasteiger partial charge in [0.1, 0.15) is 0 Å². The fourth-order valence-corrected chi connectivity index (χ4v) is 4.37. The smallest absolute Gasteiger partial charge is 0.337 e. The fraction of sp³-hybridized carbons (Fsp3) is 0.519. The zero-order chi connectivity index (χ0) is 24.4. The predicted octanol–water partition coefficient (Wildman–Crippen LogP) is 4.67. The molecule has 2 atom stereocenters. The molecule has 0 heterocycles. The van der Waals surface area contributed by atoms with Gasteiger partial charge in [0.25, 0.3) is 0 Å². The molecule has 0 amide bonds. The fourth-order valence-electron chi connectivity index (χ4n) is 4.37. The van der Waals surface area contributed by atoms with Crippen molar-refractivity contribution in [3.63, 3.8) is 0 Å². The molecule has 1 aromatic carbocycles. The summed E-state index contributed by atoms with van der Waals surface area (Å²) in [7, 11) is 4.87. The minimum atomic E-state index is -0.671. The summed E-state index contributed by atoms with van der Waals surface area (Å²) in [5.74, 6) is -0.685. The molecular weight excluding hydrogens is 416 g/mol. The predicted molar refractivity (Wildman–Crippen MR) is 129 cm³/mol. The van der Waals surface area contributed by atoms with Gasteiger partial charge in [-0.05, 0) is 62.9 Å². The monoisotopic (exact) mass is 452 g/mol. The van der Waals surface area contributed by atoms with Crippen LogP contribution in [0.2, 0.25) is 0 Å². The van der Waals surface area contributed by atoms with Crippen LogP contribution in [-0.2, 0) is 19.7 Å². The van der Waals surface area contributed by atoms with Gasteiger partial charge >= 0.3 is 11.9 Å². The number of hydrogen-bond acceptors (Lipinski definition) is 6. The summed E-state index contributed by atoms with van der Waals surface area (Å²) < 4.78 is 9.71. The maximum atomic E-state index is 12.0. The second-order valence-corrected chi connectivity index (χ2v) is 9.01. The van der Waals surface area contributed by atoms with Crippen molar-refractivity contribution in [3.8, 4) is 6.07 Å². The molecule has 0 radical (unpaired) electrons. The third kappa shape index (κ3) is 6.79. The van der Waals surface area contributed by atoms with Crippen LogP contribution in [0.5, 0.6) is 0 Å². The van der Waals surface area contributed by atoms with Gasteiger partial charge in [0, 0.05) is 6.54 Å². The normalized spacial score (nSPS) is 17.3. The molecule has 0 fully saturated rings. The first-order chi connectivity index (χ1) is 15.8. The number of carbonyl (C=O) groups is 2. The van der Waals surface area contributed by atoms with Crippen LogP contribution in [0.1, 0.15) is 55.5 Å². The van der Waals surface area contributed by atoms with Gasteiger partial charge < -0.3 is 14.4 Å².